The Balaban J connectivity index is 1.30. The van der Waals surface area contributed by atoms with Gasteiger partial charge in [-0.25, -0.2) is 0 Å². The van der Waals surface area contributed by atoms with Crippen molar-refractivity contribution >= 4 is 26.8 Å². The predicted octanol–water partition coefficient (Wildman–Crippen LogP) is 3.80. The molecule has 3 aliphatic rings. The quantitative estimate of drug-likeness (QED) is 0.730. The zero-order valence-corrected chi connectivity index (χ0v) is 17.1. The summed E-state index contributed by atoms with van der Waals surface area (Å²) in [7, 11) is 1.64. The molecule has 0 radical (unpaired) electrons. The summed E-state index contributed by atoms with van der Waals surface area (Å²) in [5.41, 5.74) is 0.514. The van der Waals surface area contributed by atoms with E-state index in [1.165, 1.54) is 0 Å². The number of benzene rings is 1. The van der Waals surface area contributed by atoms with Gasteiger partial charge in [0.15, 0.2) is 12.1 Å². The Morgan fingerprint density at radius 1 is 1.15 bits per heavy atom. The van der Waals surface area contributed by atoms with Gasteiger partial charge in [-0.2, -0.15) is 0 Å². The number of hydrogen-bond acceptors (Lipinski definition) is 6. The van der Waals surface area contributed by atoms with Crippen LogP contribution in [-0.4, -0.2) is 48.1 Å². The first-order chi connectivity index (χ1) is 12.9. The lowest BCUT2D eigenvalue weighted by atomic mass is 9.73. The Labute approximate surface area is 166 Å². The summed E-state index contributed by atoms with van der Waals surface area (Å²) >= 11 is 3.45. The number of aromatic nitrogens is 1. The number of nitrogens with zero attached hydrogens (tertiary/aromatic N) is 1. The average molecular weight is 436 g/mol. The van der Waals surface area contributed by atoms with Gasteiger partial charge >= 0.3 is 0 Å². The minimum Gasteiger partial charge on any atom is -0.490 e. The van der Waals surface area contributed by atoms with Gasteiger partial charge in [0.1, 0.15) is 29.7 Å². The van der Waals surface area contributed by atoms with E-state index in [1.807, 2.05) is 38.1 Å². The van der Waals surface area contributed by atoms with Gasteiger partial charge < -0.3 is 23.7 Å². The monoisotopic (exact) mass is 435 g/mol. The second kappa shape index (κ2) is 6.12. The van der Waals surface area contributed by atoms with E-state index in [1.54, 1.807) is 13.3 Å². The van der Waals surface area contributed by atoms with Gasteiger partial charge in [-0.1, -0.05) is 0 Å². The third-order valence-electron chi connectivity index (χ3n) is 5.57. The summed E-state index contributed by atoms with van der Waals surface area (Å²) in [5.74, 6) is 0.201. The second-order valence-electron chi connectivity index (χ2n) is 7.96. The number of methoxy groups -OCH3 is 1. The van der Waals surface area contributed by atoms with Gasteiger partial charge in [0.2, 0.25) is 0 Å². The lowest BCUT2D eigenvalue weighted by Crippen LogP contribution is -2.57. The molecule has 27 heavy (non-hydrogen) atoms. The number of halogens is 1. The van der Waals surface area contributed by atoms with E-state index in [0.717, 1.165) is 34.0 Å². The first-order valence-corrected chi connectivity index (χ1v) is 9.95. The van der Waals surface area contributed by atoms with E-state index in [2.05, 4.69) is 20.9 Å². The van der Waals surface area contributed by atoms with Crippen LogP contribution in [0.2, 0.25) is 0 Å². The van der Waals surface area contributed by atoms with E-state index in [4.69, 9.17) is 23.7 Å². The van der Waals surface area contributed by atoms with Gasteiger partial charge in [0.05, 0.1) is 5.52 Å². The van der Waals surface area contributed by atoms with Crippen LogP contribution in [-0.2, 0) is 18.9 Å². The van der Waals surface area contributed by atoms with Crippen LogP contribution in [0.15, 0.2) is 34.9 Å². The molecule has 6 nitrogen and oxygen atoms in total. The second-order valence-corrected chi connectivity index (χ2v) is 8.88. The maximum absolute atomic E-state index is 6.18. The van der Waals surface area contributed by atoms with E-state index >= 15 is 0 Å². The van der Waals surface area contributed by atoms with Gasteiger partial charge in [-0.3, -0.25) is 4.98 Å². The van der Waals surface area contributed by atoms with Crippen LogP contribution in [0.1, 0.15) is 26.7 Å². The molecule has 0 bridgehead atoms. The summed E-state index contributed by atoms with van der Waals surface area (Å²) in [6.45, 7) is 3.86. The maximum Gasteiger partial charge on any atom is 0.186 e. The number of fused-ring (bicyclic) bond motifs is 3. The van der Waals surface area contributed by atoms with Crippen molar-refractivity contribution in [2.75, 3.05) is 7.11 Å². The largest absolute Gasteiger partial charge is 0.490 e. The molecule has 1 spiro atoms. The van der Waals surface area contributed by atoms with Crippen molar-refractivity contribution < 1.29 is 23.7 Å². The van der Waals surface area contributed by atoms with Crippen LogP contribution < -0.4 is 4.74 Å². The summed E-state index contributed by atoms with van der Waals surface area (Å²) in [4.78, 5) is 4.44. The SMILES string of the molecule is CO[C@@H]1O[C@]2(C[C@H](Oc3ccc4cc(Br)cnc4c3)C2)[C@H]2OC(C)(C)O[C@@H]12. The van der Waals surface area contributed by atoms with Crippen molar-refractivity contribution in [1.82, 2.24) is 4.98 Å². The molecule has 0 unspecified atom stereocenters. The van der Waals surface area contributed by atoms with Crippen LogP contribution >= 0.6 is 15.9 Å². The first-order valence-electron chi connectivity index (χ1n) is 9.16. The number of pyridine rings is 1. The lowest BCUT2D eigenvalue weighted by molar-refractivity contribution is -0.275. The van der Waals surface area contributed by atoms with Crippen molar-refractivity contribution in [3.05, 3.63) is 34.9 Å². The molecule has 0 amide bonds. The molecule has 7 heteroatoms. The third kappa shape index (κ3) is 2.96. The highest BCUT2D eigenvalue weighted by Crippen LogP contribution is 2.53. The smallest absolute Gasteiger partial charge is 0.186 e. The van der Waals surface area contributed by atoms with Crippen LogP contribution in [0, 0.1) is 0 Å². The Kier molecular flexibility index (Phi) is 4.04. The summed E-state index contributed by atoms with van der Waals surface area (Å²) in [6.07, 6.45) is 2.63. The standard InChI is InChI=1S/C20H22BrNO5/c1-19(2)25-16-17(26-19)20(27-18(16)23-3)8-14(9-20)24-13-5-4-11-6-12(21)10-22-15(11)7-13/h4-7,10,14,16-18H,8-9H2,1-3H3/t14-,16-,17+,18-,20-/m1/s1. The molecule has 1 saturated carbocycles. The Bertz CT molecular complexity index is 882. The highest BCUT2D eigenvalue weighted by Gasteiger charge is 2.67. The van der Waals surface area contributed by atoms with Crippen molar-refractivity contribution in [2.45, 2.75) is 62.7 Å². The van der Waals surface area contributed by atoms with E-state index in [-0.39, 0.29) is 18.3 Å². The van der Waals surface area contributed by atoms with Crippen LogP contribution in [0.4, 0.5) is 0 Å². The Morgan fingerprint density at radius 2 is 1.96 bits per heavy atom. The molecule has 1 aliphatic carbocycles. The fourth-order valence-electron chi connectivity index (χ4n) is 4.41. The van der Waals surface area contributed by atoms with E-state index in [9.17, 15) is 0 Å². The van der Waals surface area contributed by atoms with Crippen LogP contribution in [0.25, 0.3) is 10.9 Å². The van der Waals surface area contributed by atoms with E-state index < -0.39 is 17.7 Å². The molecule has 5 rings (SSSR count). The highest BCUT2D eigenvalue weighted by atomic mass is 79.9. The zero-order chi connectivity index (χ0) is 18.8. The molecule has 0 N–H and O–H groups in total. The molecule has 3 fully saturated rings. The molecule has 3 heterocycles. The van der Waals surface area contributed by atoms with Crippen molar-refractivity contribution in [2.24, 2.45) is 0 Å². The van der Waals surface area contributed by atoms with E-state index in [0.29, 0.717) is 0 Å². The first kappa shape index (κ1) is 17.8. The third-order valence-corrected chi connectivity index (χ3v) is 6.00. The molecule has 2 aliphatic heterocycles. The molecule has 1 aromatic carbocycles. The average Bonchev–Trinajstić information content (AvgIpc) is 3.06. The fourth-order valence-corrected chi connectivity index (χ4v) is 4.75. The molecule has 2 aromatic rings. The molecule has 144 valence electrons. The molecular weight excluding hydrogens is 414 g/mol. The minimum absolute atomic E-state index is 0.0708. The highest BCUT2D eigenvalue weighted by molar-refractivity contribution is 9.10. The normalized spacial score (nSPS) is 36.7. The fraction of sp³-hybridized carbons (Fsp3) is 0.550. The topological polar surface area (TPSA) is 59.0 Å². The zero-order valence-electron chi connectivity index (χ0n) is 15.5. The van der Waals surface area contributed by atoms with Crippen LogP contribution in [0.5, 0.6) is 5.75 Å². The number of ether oxygens (including phenoxy) is 5. The van der Waals surface area contributed by atoms with Gasteiger partial charge in [0, 0.05) is 42.1 Å². The molecular formula is C20H22BrNO5. The Morgan fingerprint density at radius 3 is 2.74 bits per heavy atom. The van der Waals surface area contributed by atoms with Crippen molar-refractivity contribution in [3.63, 3.8) is 0 Å². The number of rotatable bonds is 3. The van der Waals surface area contributed by atoms with Gasteiger partial charge in [-0.05, 0) is 48.0 Å². The molecule has 2 saturated heterocycles. The maximum atomic E-state index is 6.18. The summed E-state index contributed by atoms with van der Waals surface area (Å²) < 4.78 is 30.9. The molecule has 3 atom stereocenters. The van der Waals surface area contributed by atoms with Gasteiger partial charge in [-0.15, -0.1) is 0 Å². The van der Waals surface area contributed by atoms with Crippen molar-refractivity contribution in [3.8, 4) is 5.75 Å². The van der Waals surface area contributed by atoms with Crippen molar-refractivity contribution in [1.29, 1.82) is 0 Å². The lowest BCUT2D eigenvalue weighted by Gasteiger charge is -2.46. The summed E-state index contributed by atoms with van der Waals surface area (Å²) in [5, 5.41) is 1.07. The van der Waals surface area contributed by atoms with Crippen LogP contribution in [0.3, 0.4) is 0 Å². The summed E-state index contributed by atoms with van der Waals surface area (Å²) in [6, 6.07) is 8.02. The number of hydrogen-bond donors (Lipinski definition) is 0. The Hall–Kier alpha value is -1.25. The molecule has 1 aromatic heterocycles. The predicted molar refractivity (Wildman–Crippen MR) is 102 cm³/mol. The van der Waals surface area contributed by atoms with Gasteiger partial charge in [0.25, 0.3) is 0 Å². The minimum atomic E-state index is -0.618.